The highest BCUT2D eigenvalue weighted by Crippen LogP contribution is 2.32. The minimum absolute atomic E-state index is 0.127. The summed E-state index contributed by atoms with van der Waals surface area (Å²) >= 11 is 1.71. The summed E-state index contributed by atoms with van der Waals surface area (Å²) in [5.74, 6) is 0.643. The molecule has 1 aromatic carbocycles. The first kappa shape index (κ1) is 23.4. The number of aryl methyl sites for hydroxylation is 1. The van der Waals surface area contributed by atoms with Gasteiger partial charge in [-0.3, -0.25) is 9.69 Å². The van der Waals surface area contributed by atoms with E-state index >= 15 is 0 Å². The molecule has 0 saturated carbocycles. The van der Waals surface area contributed by atoms with Crippen LogP contribution in [0, 0.1) is 0 Å². The zero-order valence-corrected chi connectivity index (χ0v) is 19.0. The Labute approximate surface area is 194 Å². The van der Waals surface area contributed by atoms with Gasteiger partial charge in [0.15, 0.2) is 0 Å². The third-order valence-electron chi connectivity index (χ3n) is 5.86. The van der Waals surface area contributed by atoms with E-state index in [9.17, 15) is 18.0 Å². The van der Waals surface area contributed by atoms with E-state index in [-0.39, 0.29) is 23.3 Å². The van der Waals surface area contributed by atoms with Crippen LogP contribution < -0.4 is 0 Å². The van der Waals surface area contributed by atoms with E-state index in [2.05, 4.69) is 21.1 Å². The molecular weight excluding hydrogens is 453 g/mol. The molecule has 2 aromatic heterocycles. The Morgan fingerprint density at radius 1 is 1.18 bits per heavy atom. The fourth-order valence-electron chi connectivity index (χ4n) is 3.90. The maximum absolute atomic E-state index is 13.0. The van der Waals surface area contributed by atoms with Crippen molar-refractivity contribution in [2.45, 2.75) is 38.4 Å². The van der Waals surface area contributed by atoms with Crippen LogP contribution in [-0.2, 0) is 17.4 Å². The van der Waals surface area contributed by atoms with Gasteiger partial charge in [0.1, 0.15) is 0 Å². The summed E-state index contributed by atoms with van der Waals surface area (Å²) in [7, 11) is 0. The van der Waals surface area contributed by atoms with Gasteiger partial charge in [-0.1, -0.05) is 23.4 Å². The van der Waals surface area contributed by atoms with Gasteiger partial charge in [0, 0.05) is 43.0 Å². The summed E-state index contributed by atoms with van der Waals surface area (Å²) in [4.78, 5) is 22.2. The summed E-state index contributed by atoms with van der Waals surface area (Å²) in [6.45, 7) is 4.49. The molecule has 4 rings (SSSR count). The van der Waals surface area contributed by atoms with E-state index in [1.807, 2.05) is 23.3 Å². The van der Waals surface area contributed by atoms with Gasteiger partial charge in [-0.05, 0) is 43.3 Å². The Kier molecular flexibility index (Phi) is 7.14. The topological polar surface area (TPSA) is 62.5 Å². The Morgan fingerprint density at radius 2 is 1.97 bits per heavy atom. The number of thiophene rings is 1. The molecule has 0 bridgehead atoms. The van der Waals surface area contributed by atoms with Gasteiger partial charge in [-0.2, -0.15) is 18.2 Å². The largest absolute Gasteiger partial charge is 0.416 e. The van der Waals surface area contributed by atoms with Crippen molar-refractivity contribution in [1.29, 1.82) is 0 Å². The van der Waals surface area contributed by atoms with Gasteiger partial charge >= 0.3 is 6.18 Å². The molecule has 3 heterocycles. The first-order valence-electron chi connectivity index (χ1n) is 10.9. The van der Waals surface area contributed by atoms with Crippen LogP contribution in [0.15, 0.2) is 46.3 Å². The number of alkyl halides is 3. The number of amides is 1. The number of carbonyl (C=O) groups is 1. The molecule has 1 saturated heterocycles. The highest BCUT2D eigenvalue weighted by molar-refractivity contribution is 7.09. The number of aromatic nitrogens is 2. The minimum atomic E-state index is -4.43. The van der Waals surface area contributed by atoms with E-state index in [0.29, 0.717) is 38.5 Å². The quantitative estimate of drug-likeness (QED) is 0.476. The van der Waals surface area contributed by atoms with Crippen molar-refractivity contribution in [2.24, 2.45) is 0 Å². The Morgan fingerprint density at radius 3 is 2.67 bits per heavy atom. The molecule has 1 aliphatic heterocycles. The highest BCUT2D eigenvalue weighted by Gasteiger charge is 2.31. The molecule has 0 spiro atoms. The lowest BCUT2D eigenvalue weighted by Gasteiger charge is -2.36. The van der Waals surface area contributed by atoms with Crippen molar-refractivity contribution in [3.05, 3.63) is 58.1 Å². The van der Waals surface area contributed by atoms with Gasteiger partial charge < -0.3 is 9.42 Å². The van der Waals surface area contributed by atoms with Crippen LogP contribution in [0.4, 0.5) is 13.2 Å². The summed E-state index contributed by atoms with van der Waals surface area (Å²) in [5.41, 5.74) is -0.499. The van der Waals surface area contributed by atoms with E-state index in [0.717, 1.165) is 25.0 Å². The monoisotopic (exact) mass is 478 g/mol. The Balaban J connectivity index is 1.30. The smallest absolute Gasteiger partial charge is 0.340 e. The average Bonchev–Trinajstić information content (AvgIpc) is 3.51. The predicted octanol–water partition coefficient (Wildman–Crippen LogP) is 5.05. The van der Waals surface area contributed by atoms with E-state index in [1.165, 1.54) is 17.0 Å². The lowest BCUT2D eigenvalue weighted by molar-refractivity contribution is -0.137. The molecule has 1 atom stereocenters. The summed E-state index contributed by atoms with van der Waals surface area (Å²) in [6, 6.07) is 8.79. The molecule has 10 heteroatoms. The van der Waals surface area contributed by atoms with Crippen LogP contribution >= 0.6 is 11.3 Å². The molecule has 1 amide bonds. The first-order chi connectivity index (χ1) is 15.8. The number of benzene rings is 1. The molecule has 33 heavy (non-hydrogen) atoms. The van der Waals surface area contributed by atoms with Crippen LogP contribution in [0.5, 0.6) is 0 Å². The van der Waals surface area contributed by atoms with Crippen LogP contribution in [0.25, 0.3) is 11.4 Å². The summed E-state index contributed by atoms with van der Waals surface area (Å²) < 4.78 is 44.3. The van der Waals surface area contributed by atoms with E-state index < -0.39 is 11.7 Å². The van der Waals surface area contributed by atoms with Crippen molar-refractivity contribution >= 4 is 17.2 Å². The van der Waals surface area contributed by atoms with Gasteiger partial charge in [0.05, 0.1) is 11.6 Å². The van der Waals surface area contributed by atoms with Gasteiger partial charge in [0.2, 0.25) is 17.6 Å². The molecule has 0 radical (unpaired) electrons. The number of halogens is 3. The third-order valence-corrected chi connectivity index (χ3v) is 6.79. The lowest BCUT2D eigenvalue weighted by Crippen LogP contribution is -2.49. The Bertz CT molecular complexity index is 1060. The number of nitrogens with zero attached hydrogens (tertiary/aromatic N) is 4. The molecule has 1 fully saturated rings. The Hall–Kier alpha value is -2.72. The third kappa shape index (κ3) is 5.80. The lowest BCUT2D eigenvalue weighted by atomic mass is 10.1. The second-order valence-corrected chi connectivity index (χ2v) is 9.09. The van der Waals surface area contributed by atoms with Crippen LogP contribution in [-0.4, -0.2) is 52.0 Å². The second kappa shape index (κ2) is 10.0. The van der Waals surface area contributed by atoms with Gasteiger partial charge in [-0.25, -0.2) is 0 Å². The molecule has 6 nitrogen and oxygen atoms in total. The zero-order chi connectivity index (χ0) is 23.4. The minimum Gasteiger partial charge on any atom is -0.340 e. The number of hydrogen-bond donors (Lipinski definition) is 0. The second-order valence-electron chi connectivity index (χ2n) is 8.06. The maximum Gasteiger partial charge on any atom is 0.416 e. The van der Waals surface area contributed by atoms with Crippen molar-refractivity contribution in [1.82, 2.24) is 19.9 Å². The van der Waals surface area contributed by atoms with E-state index in [1.54, 1.807) is 11.3 Å². The number of hydrogen-bond acceptors (Lipinski definition) is 6. The van der Waals surface area contributed by atoms with Crippen molar-refractivity contribution in [3.8, 4) is 11.4 Å². The van der Waals surface area contributed by atoms with Gasteiger partial charge in [0.25, 0.3) is 0 Å². The summed E-state index contributed by atoms with van der Waals surface area (Å²) in [6.07, 6.45) is -2.13. The molecule has 0 N–H and O–H groups in total. The molecule has 3 aromatic rings. The van der Waals surface area contributed by atoms with Crippen LogP contribution in [0.3, 0.4) is 0 Å². The number of piperazine rings is 1. The van der Waals surface area contributed by atoms with Crippen molar-refractivity contribution < 1.29 is 22.5 Å². The van der Waals surface area contributed by atoms with Crippen LogP contribution in [0.2, 0.25) is 0 Å². The SMILES string of the molecule is CC(c1nc(-c2cccc(C(F)(F)F)c2)no1)N1CCN(C(=O)CCCc2cccs2)CC1. The molecule has 1 unspecified atom stereocenters. The average molecular weight is 479 g/mol. The number of rotatable bonds is 7. The maximum atomic E-state index is 13.0. The summed E-state index contributed by atoms with van der Waals surface area (Å²) in [5, 5.41) is 5.92. The van der Waals surface area contributed by atoms with Crippen molar-refractivity contribution in [3.63, 3.8) is 0 Å². The fraction of sp³-hybridized carbons (Fsp3) is 0.435. The van der Waals surface area contributed by atoms with Crippen LogP contribution in [0.1, 0.15) is 42.1 Å². The highest BCUT2D eigenvalue weighted by atomic mass is 32.1. The predicted molar refractivity (Wildman–Crippen MR) is 119 cm³/mol. The first-order valence-corrected chi connectivity index (χ1v) is 11.7. The molecule has 176 valence electrons. The van der Waals surface area contributed by atoms with Crippen molar-refractivity contribution in [2.75, 3.05) is 26.2 Å². The van der Waals surface area contributed by atoms with E-state index in [4.69, 9.17) is 4.52 Å². The normalized spacial score (nSPS) is 16.2. The zero-order valence-electron chi connectivity index (χ0n) is 18.2. The molecule has 0 aliphatic carbocycles. The number of carbonyl (C=O) groups excluding carboxylic acids is 1. The molecule has 1 aliphatic rings. The molecular formula is C23H25F3N4O2S. The van der Waals surface area contributed by atoms with Gasteiger partial charge in [-0.15, -0.1) is 11.3 Å². The fourth-order valence-corrected chi connectivity index (χ4v) is 4.65. The standard InChI is InChI=1S/C23H25F3N4O2S/c1-16(22-27-21(28-32-22)17-5-2-6-18(15-17)23(24,25)26)29-10-12-30(13-11-29)20(31)9-3-7-19-8-4-14-33-19/h2,4-6,8,14-16H,3,7,9-13H2,1H3.